The van der Waals surface area contributed by atoms with E-state index in [1.54, 1.807) is 7.11 Å². The molecule has 1 aromatic carbocycles. The van der Waals surface area contributed by atoms with Crippen molar-refractivity contribution in [2.75, 3.05) is 20.3 Å². The Hall–Kier alpha value is -1.75. The highest BCUT2D eigenvalue weighted by Gasteiger charge is 2.50. The summed E-state index contributed by atoms with van der Waals surface area (Å²) in [4.78, 5) is 12.0. The van der Waals surface area contributed by atoms with Crippen LogP contribution in [0.15, 0.2) is 24.3 Å². The van der Waals surface area contributed by atoms with Gasteiger partial charge in [0.15, 0.2) is 0 Å². The van der Waals surface area contributed by atoms with Gasteiger partial charge in [-0.2, -0.15) is 0 Å². The van der Waals surface area contributed by atoms with Crippen LogP contribution in [0.2, 0.25) is 0 Å². The predicted octanol–water partition coefficient (Wildman–Crippen LogP) is 1.71. The lowest BCUT2D eigenvalue weighted by Gasteiger charge is -2.31. The summed E-state index contributed by atoms with van der Waals surface area (Å²) < 4.78 is 10.9. The molecule has 0 spiro atoms. The van der Waals surface area contributed by atoms with Gasteiger partial charge >= 0.3 is 0 Å². The van der Waals surface area contributed by atoms with Crippen LogP contribution >= 0.6 is 0 Å². The Morgan fingerprint density at radius 1 is 1.33 bits per heavy atom. The smallest absolute Gasteiger partial charge is 0.241 e. The van der Waals surface area contributed by atoms with Crippen molar-refractivity contribution < 1.29 is 14.3 Å². The molecule has 2 rings (SSSR count). The van der Waals surface area contributed by atoms with Crippen LogP contribution in [0.3, 0.4) is 0 Å². The number of nitrogens with two attached hydrogens (primary N) is 1. The van der Waals surface area contributed by atoms with E-state index < -0.39 is 5.54 Å². The zero-order chi connectivity index (χ0) is 15.3. The van der Waals surface area contributed by atoms with E-state index in [9.17, 15) is 4.79 Å². The molecule has 21 heavy (non-hydrogen) atoms. The summed E-state index contributed by atoms with van der Waals surface area (Å²) in [6.07, 6.45) is 2.99. The van der Waals surface area contributed by atoms with Gasteiger partial charge in [-0.3, -0.25) is 4.79 Å². The summed E-state index contributed by atoms with van der Waals surface area (Å²) in [6, 6.07) is 7.32. The average molecular weight is 292 g/mol. The van der Waals surface area contributed by atoms with Crippen LogP contribution in [-0.4, -0.2) is 31.7 Å². The number of rotatable bonds is 9. The lowest BCUT2D eigenvalue weighted by atomic mass is 9.93. The summed E-state index contributed by atoms with van der Waals surface area (Å²) in [5.41, 5.74) is 4.91. The lowest BCUT2D eigenvalue weighted by Crippen LogP contribution is -2.61. The minimum atomic E-state index is -0.754. The highest BCUT2D eigenvalue weighted by Crippen LogP contribution is 2.40. The molecule has 0 heterocycles. The molecular formula is C16H24N2O3. The maximum absolute atomic E-state index is 12.0. The second kappa shape index (κ2) is 6.80. The van der Waals surface area contributed by atoms with Crippen molar-refractivity contribution in [1.82, 2.24) is 5.32 Å². The molecule has 1 fully saturated rings. The molecule has 0 aliphatic heterocycles. The topological polar surface area (TPSA) is 73.6 Å². The number of primary amides is 1. The number of hydrogen-bond donors (Lipinski definition) is 2. The Morgan fingerprint density at radius 3 is 2.43 bits per heavy atom. The van der Waals surface area contributed by atoms with Gasteiger partial charge in [-0.15, -0.1) is 0 Å². The summed E-state index contributed by atoms with van der Waals surface area (Å²) >= 11 is 0. The Kier molecular flexibility index (Phi) is 5.07. The van der Waals surface area contributed by atoms with Crippen molar-refractivity contribution in [1.29, 1.82) is 0 Å². The highest BCUT2D eigenvalue weighted by atomic mass is 16.5. The molecule has 3 N–H and O–H groups in total. The van der Waals surface area contributed by atoms with Crippen LogP contribution in [0.25, 0.3) is 0 Å². The van der Waals surface area contributed by atoms with Crippen molar-refractivity contribution >= 4 is 5.91 Å². The van der Waals surface area contributed by atoms with E-state index in [-0.39, 0.29) is 18.4 Å². The molecule has 0 saturated heterocycles. The van der Waals surface area contributed by atoms with Gasteiger partial charge in [-0.05, 0) is 56.0 Å². The van der Waals surface area contributed by atoms with Gasteiger partial charge in [0.1, 0.15) is 23.6 Å². The van der Waals surface area contributed by atoms with Crippen LogP contribution in [0, 0.1) is 5.92 Å². The van der Waals surface area contributed by atoms with E-state index in [4.69, 9.17) is 15.2 Å². The maximum atomic E-state index is 12.0. The quantitative estimate of drug-likeness (QED) is 0.726. The first-order valence-corrected chi connectivity index (χ1v) is 7.44. The molecule has 116 valence electrons. The first-order valence-electron chi connectivity index (χ1n) is 7.44. The van der Waals surface area contributed by atoms with Crippen LogP contribution < -0.4 is 20.5 Å². The molecule has 5 heteroatoms. The van der Waals surface area contributed by atoms with E-state index in [0.717, 1.165) is 31.6 Å². The third kappa shape index (κ3) is 3.67. The molecule has 0 bridgehead atoms. The fourth-order valence-corrected chi connectivity index (χ4v) is 2.47. The monoisotopic (exact) mass is 292 g/mol. The number of amides is 1. The second-order valence-corrected chi connectivity index (χ2v) is 5.50. The first-order chi connectivity index (χ1) is 10.1. The molecule has 5 nitrogen and oxygen atoms in total. The summed E-state index contributed by atoms with van der Waals surface area (Å²) in [6.45, 7) is 3.08. The van der Waals surface area contributed by atoms with Gasteiger partial charge < -0.3 is 20.5 Å². The largest absolute Gasteiger partial charge is 0.497 e. The van der Waals surface area contributed by atoms with E-state index in [1.807, 2.05) is 24.3 Å². The number of carbonyl (C=O) groups excluding carboxylic acids is 1. The van der Waals surface area contributed by atoms with Crippen molar-refractivity contribution in [2.24, 2.45) is 11.7 Å². The van der Waals surface area contributed by atoms with Crippen LogP contribution in [-0.2, 0) is 4.79 Å². The van der Waals surface area contributed by atoms with Gasteiger partial charge in [0.25, 0.3) is 0 Å². The SMILES string of the molecule is CCCNC(COc1ccc(OC)cc1)(C(N)=O)C1CC1. The van der Waals surface area contributed by atoms with E-state index in [2.05, 4.69) is 12.2 Å². The lowest BCUT2D eigenvalue weighted by molar-refractivity contribution is -0.126. The fourth-order valence-electron chi connectivity index (χ4n) is 2.47. The predicted molar refractivity (Wildman–Crippen MR) is 81.4 cm³/mol. The third-order valence-electron chi connectivity index (χ3n) is 3.93. The normalized spacial score (nSPS) is 17.0. The Balaban J connectivity index is 2.05. The van der Waals surface area contributed by atoms with Crippen molar-refractivity contribution in [3.05, 3.63) is 24.3 Å². The van der Waals surface area contributed by atoms with E-state index >= 15 is 0 Å². The number of carbonyl (C=O) groups is 1. The average Bonchev–Trinajstić information content (AvgIpc) is 3.33. The number of methoxy groups -OCH3 is 1. The number of nitrogens with one attached hydrogen (secondary N) is 1. The standard InChI is InChI=1S/C16H24N2O3/c1-3-10-18-16(15(17)19,12-4-5-12)11-21-14-8-6-13(20-2)7-9-14/h6-9,12,18H,3-5,10-11H2,1-2H3,(H2,17,19). The Labute approximate surface area is 125 Å². The molecule has 1 atom stereocenters. The number of ether oxygens (including phenoxy) is 2. The van der Waals surface area contributed by atoms with Crippen LogP contribution in [0.1, 0.15) is 26.2 Å². The van der Waals surface area contributed by atoms with Gasteiger partial charge in [-0.25, -0.2) is 0 Å². The molecule has 1 aromatic rings. The second-order valence-electron chi connectivity index (χ2n) is 5.50. The molecular weight excluding hydrogens is 268 g/mol. The molecule has 1 amide bonds. The Bertz CT molecular complexity index is 471. The molecule has 0 radical (unpaired) electrons. The molecule has 1 unspecified atom stereocenters. The molecule has 1 aliphatic rings. The number of benzene rings is 1. The van der Waals surface area contributed by atoms with E-state index in [0.29, 0.717) is 5.75 Å². The minimum absolute atomic E-state index is 0.263. The zero-order valence-corrected chi connectivity index (χ0v) is 12.7. The fraction of sp³-hybridized carbons (Fsp3) is 0.562. The van der Waals surface area contributed by atoms with Crippen molar-refractivity contribution in [2.45, 2.75) is 31.7 Å². The zero-order valence-electron chi connectivity index (χ0n) is 12.7. The van der Waals surface area contributed by atoms with E-state index in [1.165, 1.54) is 0 Å². The van der Waals surface area contributed by atoms with Crippen molar-refractivity contribution in [3.8, 4) is 11.5 Å². The van der Waals surface area contributed by atoms with Gasteiger partial charge in [0.2, 0.25) is 5.91 Å². The summed E-state index contributed by atoms with van der Waals surface area (Å²) in [5.74, 6) is 1.43. The molecule has 1 aliphatic carbocycles. The van der Waals surface area contributed by atoms with Crippen LogP contribution in [0.5, 0.6) is 11.5 Å². The first kappa shape index (κ1) is 15.6. The third-order valence-corrected chi connectivity index (χ3v) is 3.93. The highest BCUT2D eigenvalue weighted by molar-refractivity contribution is 5.85. The van der Waals surface area contributed by atoms with Crippen molar-refractivity contribution in [3.63, 3.8) is 0 Å². The van der Waals surface area contributed by atoms with Gasteiger partial charge in [0.05, 0.1) is 7.11 Å². The van der Waals surface area contributed by atoms with Crippen LogP contribution in [0.4, 0.5) is 0 Å². The maximum Gasteiger partial charge on any atom is 0.241 e. The summed E-state index contributed by atoms with van der Waals surface area (Å²) in [5, 5.41) is 3.31. The molecule has 1 saturated carbocycles. The molecule has 0 aromatic heterocycles. The number of hydrogen-bond acceptors (Lipinski definition) is 4. The van der Waals surface area contributed by atoms with Gasteiger partial charge in [-0.1, -0.05) is 6.92 Å². The minimum Gasteiger partial charge on any atom is -0.497 e. The van der Waals surface area contributed by atoms with Gasteiger partial charge in [0, 0.05) is 0 Å². The Morgan fingerprint density at radius 2 is 1.95 bits per heavy atom. The summed E-state index contributed by atoms with van der Waals surface area (Å²) in [7, 11) is 1.62.